The van der Waals surface area contributed by atoms with Gasteiger partial charge in [-0.25, -0.2) is 4.98 Å². The molecule has 7 nitrogen and oxygen atoms in total. The van der Waals surface area contributed by atoms with Crippen molar-refractivity contribution >= 4 is 17.5 Å². The van der Waals surface area contributed by atoms with E-state index in [2.05, 4.69) is 32.7 Å². The van der Waals surface area contributed by atoms with Crippen LogP contribution in [0.25, 0.3) is 0 Å². The second-order valence-corrected chi connectivity index (χ2v) is 6.27. The normalized spacial score (nSPS) is 12.3. The summed E-state index contributed by atoms with van der Waals surface area (Å²) in [6, 6.07) is 15.6. The van der Waals surface area contributed by atoms with E-state index in [4.69, 9.17) is 14.2 Å². The Morgan fingerprint density at radius 1 is 1.00 bits per heavy atom. The van der Waals surface area contributed by atoms with Crippen LogP contribution in [0.2, 0.25) is 0 Å². The minimum Gasteiger partial charge on any atom is -0.497 e. The smallest absolute Gasteiger partial charge is 0.229 e. The fourth-order valence-electron chi connectivity index (χ4n) is 2.89. The molecule has 1 aliphatic rings. The highest BCUT2D eigenvalue weighted by atomic mass is 16.6. The van der Waals surface area contributed by atoms with E-state index >= 15 is 0 Å². The first-order valence-electron chi connectivity index (χ1n) is 9.17. The Kier molecular flexibility index (Phi) is 5.42. The van der Waals surface area contributed by atoms with E-state index in [1.54, 1.807) is 13.3 Å². The van der Waals surface area contributed by atoms with Gasteiger partial charge in [0.2, 0.25) is 5.95 Å². The molecule has 0 radical (unpaired) electrons. The third kappa shape index (κ3) is 4.43. The molecule has 7 heteroatoms. The predicted octanol–water partition coefficient (Wildman–Crippen LogP) is 3.65. The van der Waals surface area contributed by atoms with Crippen LogP contribution in [-0.2, 0) is 6.42 Å². The highest BCUT2D eigenvalue weighted by Gasteiger charge is 2.12. The molecule has 2 aromatic carbocycles. The van der Waals surface area contributed by atoms with E-state index in [0.717, 1.165) is 41.7 Å². The van der Waals surface area contributed by atoms with Gasteiger partial charge in [0.25, 0.3) is 0 Å². The molecule has 144 valence electrons. The fourth-order valence-corrected chi connectivity index (χ4v) is 2.89. The zero-order valence-electron chi connectivity index (χ0n) is 15.6. The number of anilines is 3. The van der Waals surface area contributed by atoms with Crippen LogP contribution in [0, 0.1) is 0 Å². The Balaban J connectivity index is 1.35. The Bertz CT molecular complexity index is 931. The molecular weight excluding hydrogens is 356 g/mol. The van der Waals surface area contributed by atoms with Crippen LogP contribution in [0.5, 0.6) is 17.2 Å². The maximum Gasteiger partial charge on any atom is 0.229 e. The van der Waals surface area contributed by atoms with Crippen molar-refractivity contribution in [2.24, 2.45) is 0 Å². The third-order valence-electron chi connectivity index (χ3n) is 4.33. The Morgan fingerprint density at radius 3 is 2.64 bits per heavy atom. The lowest BCUT2D eigenvalue weighted by Crippen LogP contribution is -2.15. The fraction of sp³-hybridized carbons (Fsp3) is 0.238. The summed E-state index contributed by atoms with van der Waals surface area (Å²) >= 11 is 0. The Labute approximate surface area is 163 Å². The van der Waals surface area contributed by atoms with Crippen LogP contribution in [0.4, 0.5) is 17.5 Å². The minimum atomic E-state index is 0.520. The van der Waals surface area contributed by atoms with Gasteiger partial charge in [-0.05, 0) is 42.3 Å². The number of methoxy groups -OCH3 is 1. The van der Waals surface area contributed by atoms with Gasteiger partial charge in [0, 0.05) is 24.5 Å². The molecule has 0 aliphatic carbocycles. The van der Waals surface area contributed by atoms with Crippen molar-refractivity contribution in [2.45, 2.75) is 6.42 Å². The Hall–Kier alpha value is -3.48. The Morgan fingerprint density at radius 2 is 1.82 bits per heavy atom. The van der Waals surface area contributed by atoms with Crippen molar-refractivity contribution < 1.29 is 14.2 Å². The van der Waals surface area contributed by atoms with Crippen molar-refractivity contribution in [1.29, 1.82) is 0 Å². The maximum atomic E-state index is 5.61. The largest absolute Gasteiger partial charge is 0.497 e. The van der Waals surface area contributed by atoms with Gasteiger partial charge < -0.3 is 24.8 Å². The van der Waals surface area contributed by atoms with Gasteiger partial charge >= 0.3 is 0 Å². The lowest BCUT2D eigenvalue weighted by atomic mass is 10.1. The summed E-state index contributed by atoms with van der Waals surface area (Å²) in [5.41, 5.74) is 2.08. The summed E-state index contributed by atoms with van der Waals surface area (Å²) in [5.74, 6) is 3.63. The van der Waals surface area contributed by atoms with Crippen LogP contribution in [0.1, 0.15) is 5.56 Å². The molecule has 1 aromatic heterocycles. The van der Waals surface area contributed by atoms with E-state index in [1.165, 1.54) is 5.56 Å². The average Bonchev–Trinajstić information content (AvgIpc) is 2.74. The zero-order valence-corrected chi connectivity index (χ0v) is 15.6. The van der Waals surface area contributed by atoms with Gasteiger partial charge in [0.15, 0.2) is 11.5 Å². The second kappa shape index (κ2) is 8.47. The van der Waals surface area contributed by atoms with Gasteiger partial charge in [-0.3, -0.25) is 0 Å². The van der Waals surface area contributed by atoms with E-state index in [9.17, 15) is 0 Å². The number of nitrogens with one attached hydrogen (secondary N) is 2. The standard InChI is InChI=1S/C21H22N4O3/c1-26-17-5-2-15(3-6-17)8-10-22-20-9-11-23-21(25-20)24-16-4-7-18-19(14-16)28-13-12-27-18/h2-7,9,11,14H,8,10,12-13H2,1H3,(H2,22,23,24,25). The number of ether oxygens (including phenoxy) is 3. The van der Waals surface area contributed by atoms with Gasteiger partial charge in [-0.15, -0.1) is 0 Å². The summed E-state index contributed by atoms with van der Waals surface area (Å²) in [4.78, 5) is 8.80. The number of rotatable bonds is 7. The summed E-state index contributed by atoms with van der Waals surface area (Å²) in [5, 5.41) is 6.53. The van der Waals surface area contributed by atoms with Gasteiger partial charge in [0.1, 0.15) is 24.8 Å². The number of hydrogen-bond acceptors (Lipinski definition) is 7. The predicted molar refractivity (Wildman–Crippen MR) is 108 cm³/mol. The topological polar surface area (TPSA) is 77.5 Å². The lowest BCUT2D eigenvalue weighted by molar-refractivity contribution is 0.171. The molecule has 0 spiro atoms. The van der Waals surface area contributed by atoms with Gasteiger partial charge in [0.05, 0.1) is 7.11 Å². The number of aromatic nitrogens is 2. The van der Waals surface area contributed by atoms with Crippen LogP contribution in [0.3, 0.4) is 0 Å². The summed E-state index contributed by atoms with van der Waals surface area (Å²) < 4.78 is 16.3. The van der Waals surface area contributed by atoms with Gasteiger partial charge in [-0.2, -0.15) is 4.98 Å². The zero-order chi connectivity index (χ0) is 19.2. The molecule has 0 saturated carbocycles. The molecule has 28 heavy (non-hydrogen) atoms. The van der Waals surface area contributed by atoms with E-state index in [0.29, 0.717) is 19.2 Å². The first kappa shape index (κ1) is 17.9. The SMILES string of the molecule is COc1ccc(CCNc2ccnc(Nc3ccc4c(c3)OCCO4)n2)cc1. The molecule has 3 aromatic rings. The highest BCUT2D eigenvalue weighted by molar-refractivity contribution is 5.60. The molecule has 0 amide bonds. The van der Waals surface area contributed by atoms with Crippen LogP contribution < -0.4 is 24.8 Å². The monoisotopic (exact) mass is 378 g/mol. The molecule has 0 bridgehead atoms. The van der Waals surface area contributed by atoms with Crippen LogP contribution in [-0.4, -0.2) is 36.8 Å². The average molecular weight is 378 g/mol. The third-order valence-corrected chi connectivity index (χ3v) is 4.33. The molecular formula is C21H22N4O3. The number of hydrogen-bond donors (Lipinski definition) is 2. The van der Waals surface area contributed by atoms with Crippen molar-refractivity contribution in [3.8, 4) is 17.2 Å². The van der Waals surface area contributed by atoms with E-state index in [1.807, 2.05) is 36.4 Å². The first-order valence-corrected chi connectivity index (χ1v) is 9.17. The van der Waals surface area contributed by atoms with Crippen molar-refractivity contribution in [1.82, 2.24) is 9.97 Å². The first-order chi connectivity index (χ1) is 13.8. The molecule has 2 N–H and O–H groups in total. The molecule has 4 rings (SSSR count). The number of fused-ring (bicyclic) bond motifs is 1. The second-order valence-electron chi connectivity index (χ2n) is 6.27. The lowest BCUT2D eigenvalue weighted by Gasteiger charge is -2.19. The maximum absolute atomic E-state index is 5.61. The molecule has 0 saturated heterocycles. The minimum absolute atomic E-state index is 0.520. The van der Waals surface area contributed by atoms with Crippen molar-refractivity contribution in [2.75, 3.05) is 37.5 Å². The summed E-state index contributed by atoms with van der Waals surface area (Å²) in [7, 11) is 1.67. The molecule has 0 unspecified atom stereocenters. The molecule has 0 atom stereocenters. The number of nitrogens with zero attached hydrogens (tertiary/aromatic N) is 2. The van der Waals surface area contributed by atoms with Crippen LogP contribution in [0.15, 0.2) is 54.7 Å². The van der Waals surface area contributed by atoms with E-state index in [-0.39, 0.29) is 0 Å². The summed E-state index contributed by atoms with van der Waals surface area (Å²) in [6.45, 7) is 1.90. The molecule has 1 aliphatic heterocycles. The molecule has 2 heterocycles. The number of benzene rings is 2. The van der Waals surface area contributed by atoms with Crippen molar-refractivity contribution in [3.05, 3.63) is 60.3 Å². The highest BCUT2D eigenvalue weighted by Crippen LogP contribution is 2.33. The van der Waals surface area contributed by atoms with Crippen LogP contribution >= 0.6 is 0 Å². The van der Waals surface area contributed by atoms with Gasteiger partial charge in [-0.1, -0.05) is 12.1 Å². The van der Waals surface area contributed by atoms with Crippen molar-refractivity contribution in [3.63, 3.8) is 0 Å². The summed E-state index contributed by atoms with van der Waals surface area (Å²) in [6.07, 6.45) is 2.61. The van der Waals surface area contributed by atoms with E-state index < -0.39 is 0 Å². The quantitative estimate of drug-likeness (QED) is 0.650. The molecule has 0 fully saturated rings.